The maximum Gasteiger partial charge on any atom is 0.303 e. The lowest BCUT2D eigenvalue weighted by atomic mass is 9.82. The van der Waals surface area contributed by atoms with Gasteiger partial charge in [0.25, 0.3) is 0 Å². The van der Waals surface area contributed by atoms with E-state index >= 15 is 0 Å². The normalized spacial score (nSPS) is 35.0. The van der Waals surface area contributed by atoms with E-state index in [1.54, 1.807) is 0 Å². The molecule has 3 nitrogen and oxygen atoms in total. The van der Waals surface area contributed by atoms with Crippen LogP contribution in [0.5, 0.6) is 0 Å². The van der Waals surface area contributed by atoms with Crippen molar-refractivity contribution >= 4 is 5.97 Å². The van der Waals surface area contributed by atoms with E-state index < -0.39 is 5.97 Å². The highest BCUT2D eigenvalue weighted by atomic mass is 16.4. The molecular weight excluding hydrogens is 214 g/mol. The molecule has 0 spiro atoms. The monoisotopic (exact) mass is 239 g/mol. The Morgan fingerprint density at radius 1 is 1.29 bits per heavy atom. The van der Waals surface area contributed by atoms with Crippen LogP contribution in [0.15, 0.2) is 0 Å². The summed E-state index contributed by atoms with van der Waals surface area (Å²) in [5.74, 6) is 1.52. The van der Waals surface area contributed by atoms with Crippen molar-refractivity contribution in [3.63, 3.8) is 0 Å². The standard InChI is InChI=1S/C14H25NO2/c1-11-3-2-4-12(7-11)9-15-6-5-13(10-15)8-14(16)17/h11-13H,2-10H2,1H3,(H,16,17). The van der Waals surface area contributed by atoms with E-state index in [0.717, 1.165) is 31.3 Å². The van der Waals surface area contributed by atoms with Gasteiger partial charge >= 0.3 is 5.97 Å². The molecule has 1 N–H and O–H groups in total. The first-order chi connectivity index (χ1) is 8.13. The van der Waals surface area contributed by atoms with E-state index in [-0.39, 0.29) is 0 Å². The number of carbonyl (C=O) groups is 1. The molecule has 3 heteroatoms. The predicted octanol–water partition coefficient (Wildman–Crippen LogP) is 2.61. The smallest absolute Gasteiger partial charge is 0.303 e. The summed E-state index contributed by atoms with van der Waals surface area (Å²) in [6, 6.07) is 0. The van der Waals surface area contributed by atoms with E-state index in [1.165, 1.54) is 32.2 Å². The summed E-state index contributed by atoms with van der Waals surface area (Å²) in [6.07, 6.45) is 6.98. The summed E-state index contributed by atoms with van der Waals surface area (Å²) in [4.78, 5) is 13.2. The molecule has 2 fully saturated rings. The zero-order chi connectivity index (χ0) is 12.3. The minimum absolute atomic E-state index is 0.359. The third kappa shape index (κ3) is 3.98. The number of carboxylic acid groups (broad SMARTS) is 1. The van der Waals surface area contributed by atoms with Gasteiger partial charge in [0.05, 0.1) is 0 Å². The lowest BCUT2D eigenvalue weighted by molar-refractivity contribution is -0.138. The number of rotatable bonds is 4. The minimum Gasteiger partial charge on any atom is -0.481 e. The Bertz CT molecular complexity index is 267. The highest BCUT2D eigenvalue weighted by molar-refractivity contribution is 5.67. The third-order valence-corrected chi connectivity index (χ3v) is 4.39. The second-order valence-corrected chi connectivity index (χ2v) is 6.15. The molecule has 1 saturated carbocycles. The zero-order valence-corrected chi connectivity index (χ0v) is 10.9. The number of hydrogen-bond donors (Lipinski definition) is 1. The maximum atomic E-state index is 10.7. The van der Waals surface area contributed by atoms with Gasteiger partial charge in [-0.1, -0.05) is 19.8 Å². The summed E-state index contributed by atoms with van der Waals surface area (Å²) in [5.41, 5.74) is 0. The molecule has 3 unspecified atom stereocenters. The lowest BCUT2D eigenvalue weighted by Gasteiger charge is -2.30. The molecule has 0 radical (unpaired) electrons. The van der Waals surface area contributed by atoms with Gasteiger partial charge in [0.2, 0.25) is 0 Å². The van der Waals surface area contributed by atoms with Crippen LogP contribution in [0.3, 0.4) is 0 Å². The van der Waals surface area contributed by atoms with Gasteiger partial charge in [-0.2, -0.15) is 0 Å². The third-order valence-electron chi connectivity index (χ3n) is 4.39. The predicted molar refractivity (Wildman–Crippen MR) is 67.9 cm³/mol. The highest BCUT2D eigenvalue weighted by Crippen LogP contribution is 2.30. The number of likely N-dealkylation sites (tertiary alicyclic amines) is 1. The van der Waals surface area contributed by atoms with Crippen LogP contribution in [-0.2, 0) is 4.79 Å². The van der Waals surface area contributed by atoms with Gasteiger partial charge in [-0.25, -0.2) is 0 Å². The Labute approximate surface area is 104 Å². The Kier molecular flexibility index (Phi) is 4.43. The van der Waals surface area contributed by atoms with Crippen molar-refractivity contribution in [2.45, 2.75) is 45.4 Å². The molecule has 1 saturated heterocycles. The van der Waals surface area contributed by atoms with Crippen molar-refractivity contribution in [3.8, 4) is 0 Å². The van der Waals surface area contributed by atoms with E-state index in [0.29, 0.717) is 12.3 Å². The van der Waals surface area contributed by atoms with Gasteiger partial charge in [0.15, 0.2) is 0 Å². The van der Waals surface area contributed by atoms with Crippen molar-refractivity contribution in [3.05, 3.63) is 0 Å². The van der Waals surface area contributed by atoms with Gasteiger partial charge in [-0.05, 0) is 43.6 Å². The van der Waals surface area contributed by atoms with Crippen LogP contribution in [0.1, 0.15) is 45.4 Å². The first-order valence-electron chi connectivity index (χ1n) is 7.07. The molecule has 17 heavy (non-hydrogen) atoms. The summed E-state index contributed by atoms with van der Waals surface area (Å²) < 4.78 is 0. The van der Waals surface area contributed by atoms with Crippen molar-refractivity contribution in [1.82, 2.24) is 4.90 Å². The second kappa shape index (κ2) is 5.85. The fourth-order valence-electron chi connectivity index (χ4n) is 3.58. The van der Waals surface area contributed by atoms with Gasteiger partial charge in [0, 0.05) is 19.5 Å². The Balaban J connectivity index is 1.71. The highest BCUT2D eigenvalue weighted by Gasteiger charge is 2.27. The molecule has 1 heterocycles. The Morgan fingerprint density at radius 3 is 2.82 bits per heavy atom. The average molecular weight is 239 g/mol. The summed E-state index contributed by atoms with van der Waals surface area (Å²) in [7, 11) is 0. The molecule has 0 bridgehead atoms. The molecule has 2 aliphatic rings. The summed E-state index contributed by atoms with van der Waals surface area (Å²) in [5, 5.41) is 8.80. The second-order valence-electron chi connectivity index (χ2n) is 6.15. The molecule has 1 aliphatic carbocycles. The largest absolute Gasteiger partial charge is 0.481 e. The Hall–Kier alpha value is -0.570. The number of aliphatic carboxylic acids is 1. The average Bonchev–Trinajstić information content (AvgIpc) is 2.64. The van der Waals surface area contributed by atoms with E-state index in [9.17, 15) is 4.79 Å². The fourth-order valence-corrected chi connectivity index (χ4v) is 3.58. The van der Waals surface area contributed by atoms with E-state index in [1.807, 2.05) is 0 Å². The molecule has 1 aliphatic heterocycles. The molecule has 0 amide bonds. The molecular formula is C14H25NO2. The molecule has 0 aromatic heterocycles. The lowest BCUT2D eigenvalue weighted by Crippen LogP contribution is -2.30. The van der Waals surface area contributed by atoms with Gasteiger partial charge < -0.3 is 10.0 Å². The number of nitrogens with zero attached hydrogens (tertiary/aromatic N) is 1. The van der Waals surface area contributed by atoms with E-state index in [2.05, 4.69) is 11.8 Å². The van der Waals surface area contributed by atoms with Crippen LogP contribution in [0.4, 0.5) is 0 Å². The molecule has 0 aromatic rings. The number of hydrogen-bond acceptors (Lipinski definition) is 2. The van der Waals surface area contributed by atoms with Crippen molar-refractivity contribution in [2.75, 3.05) is 19.6 Å². The fraction of sp³-hybridized carbons (Fsp3) is 0.929. The zero-order valence-electron chi connectivity index (χ0n) is 10.9. The quantitative estimate of drug-likeness (QED) is 0.820. The van der Waals surface area contributed by atoms with Crippen LogP contribution < -0.4 is 0 Å². The SMILES string of the molecule is CC1CCCC(CN2CCC(CC(=O)O)C2)C1. The molecule has 0 aromatic carbocycles. The van der Waals surface area contributed by atoms with Crippen molar-refractivity contribution in [1.29, 1.82) is 0 Å². The molecule has 98 valence electrons. The van der Waals surface area contributed by atoms with E-state index in [4.69, 9.17) is 5.11 Å². The first-order valence-corrected chi connectivity index (χ1v) is 7.07. The van der Waals surface area contributed by atoms with Crippen LogP contribution in [-0.4, -0.2) is 35.6 Å². The van der Waals surface area contributed by atoms with Crippen LogP contribution in [0.2, 0.25) is 0 Å². The molecule has 3 atom stereocenters. The molecule has 2 rings (SSSR count). The van der Waals surface area contributed by atoms with Crippen molar-refractivity contribution in [2.24, 2.45) is 17.8 Å². The van der Waals surface area contributed by atoms with Crippen LogP contribution in [0, 0.1) is 17.8 Å². The van der Waals surface area contributed by atoms with Gasteiger partial charge in [-0.3, -0.25) is 4.79 Å². The summed E-state index contributed by atoms with van der Waals surface area (Å²) in [6.45, 7) is 5.70. The first kappa shape index (κ1) is 12.9. The minimum atomic E-state index is -0.636. The topological polar surface area (TPSA) is 40.5 Å². The van der Waals surface area contributed by atoms with Gasteiger partial charge in [0.1, 0.15) is 0 Å². The van der Waals surface area contributed by atoms with Gasteiger partial charge in [-0.15, -0.1) is 0 Å². The number of carboxylic acids is 1. The van der Waals surface area contributed by atoms with Crippen LogP contribution >= 0.6 is 0 Å². The summed E-state index contributed by atoms with van der Waals surface area (Å²) >= 11 is 0. The Morgan fingerprint density at radius 2 is 2.12 bits per heavy atom. The van der Waals surface area contributed by atoms with Crippen molar-refractivity contribution < 1.29 is 9.90 Å². The maximum absolute atomic E-state index is 10.7. The van der Waals surface area contributed by atoms with Crippen LogP contribution in [0.25, 0.3) is 0 Å².